The van der Waals surface area contributed by atoms with Crippen LogP contribution < -0.4 is 0 Å². The molecule has 0 heterocycles. The number of nitriles is 4. The third-order valence-corrected chi connectivity index (χ3v) is 2.92. The van der Waals surface area contributed by atoms with Gasteiger partial charge in [-0.15, -0.1) is 0 Å². The molecule has 4 heteroatoms. The Morgan fingerprint density at radius 2 is 1.32 bits per heavy atom. The molecule has 0 spiro atoms. The summed E-state index contributed by atoms with van der Waals surface area (Å²) in [5.41, 5.74) is 3.68. The second kappa shape index (κ2) is 7.86. The van der Waals surface area contributed by atoms with Gasteiger partial charge in [-0.05, 0) is 43.2 Å². The molecule has 22 heavy (non-hydrogen) atoms. The molecule has 0 bridgehead atoms. The quantitative estimate of drug-likeness (QED) is 0.739. The Morgan fingerprint density at radius 1 is 0.682 bits per heavy atom. The van der Waals surface area contributed by atoms with Gasteiger partial charge in [0.15, 0.2) is 0 Å². The zero-order valence-corrected chi connectivity index (χ0v) is 12.3. The minimum atomic E-state index is 0.443. The number of rotatable bonds is 0. The highest BCUT2D eigenvalue weighted by Gasteiger charge is 2.01. The summed E-state index contributed by atoms with van der Waals surface area (Å²) in [5, 5.41) is 34.3. The molecule has 0 aliphatic heterocycles. The molecule has 0 fully saturated rings. The zero-order valence-electron chi connectivity index (χ0n) is 12.3. The topological polar surface area (TPSA) is 95.2 Å². The van der Waals surface area contributed by atoms with Crippen LogP contribution in [0.3, 0.4) is 0 Å². The molecule has 0 amide bonds. The molecule has 0 saturated heterocycles. The lowest BCUT2D eigenvalue weighted by Crippen LogP contribution is -1.86. The van der Waals surface area contributed by atoms with Gasteiger partial charge in [0.05, 0.1) is 22.3 Å². The smallest absolute Gasteiger partial charge is 0.101 e. The Morgan fingerprint density at radius 3 is 1.82 bits per heavy atom. The Balaban J connectivity index is 0.000000220. The second-order valence-corrected chi connectivity index (χ2v) is 4.49. The summed E-state index contributed by atoms with van der Waals surface area (Å²) in [6.45, 7) is 3.71. The number of hydrogen-bond donors (Lipinski definition) is 0. The average molecular weight is 284 g/mol. The van der Waals surface area contributed by atoms with E-state index in [1.54, 1.807) is 24.3 Å². The maximum atomic E-state index is 8.63. The summed E-state index contributed by atoms with van der Waals surface area (Å²) in [6, 6.07) is 18.3. The normalized spacial score (nSPS) is 8.27. The van der Waals surface area contributed by atoms with Gasteiger partial charge < -0.3 is 0 Å². The van der Waals surface area contributed by atoms with Crippen LogP contribution in [-0.2, 0) is 0 Å². The first-order valence-electron chi connectivity index (χ1n) is 6.38. The van der Waals surface area contributed by atoms with Crippen molar-refractivity contribution in [1.82, 2.24) is 0 Å². The lowest BCUT2D eigenvalue weighted by molar-refractivity contribution is 1.36. The van der Waals surface area contributed by atoms with Crippen molar-refractivity contribution in [3.05, 3.63) is 69.8 Å². The van der Waals surface area contributed by atoms with Gasteiger partial charge in [-0.3, -0.25) is 0 Å². The number of nitrogens with zero attached hydrogens (tertiary/aromatic N) is 4. The SMILES string of the molecule is Cc1ccc(C#N)c(C#N)c1.Cc1cccc(C#N)c1C#N. The van der Waals surface area contributed by atoms with Crippen molar-refractivity contribution in [2.45, 2.75) is 13.8 Å². The summed E-state index contributed by atoms with van der Waals surface area (Å²) in [7, 11) is 0. The van der Waals surface area contributed by atoms with Crippen LogP contribution in [0.5, 0.6) is 0 Å². The predicted molar refractivity (Wildman–Crippen MR) is 81.2 cm³/mol. The van der Waals surface area contributed by atoms with Crippen LogP contribution in [0.2, 0.25) is 0 Å². The van der Waals surface area contributed by atoms with Gasteiger partial charge >= 0.3 is 0 Å². The van der Waals surface area contributed by atoms with Crippen LogP contribution in [0.15, 0.2) is 36.4 Å². The molecule has 4 nitrogen and oxygen atoms in total. The molecule has 0 atom stereocenters. The van der Waals surface area contributed by atoms with E-state index in [-0.39, 0.29) is 0 Å². The van der Waals surface area contributed by atoms with E-state index in [0.29, 0.717) is 22.3 Å². The van der Waals surface area contributed by atoms with Gasteiger partial charge in [0, 0.05) is 0 Å². The minimum Gasteiger partial charge on any atom is -0.192 e. The highest BCUT2D eigenvalue weighted by molar-refractivity contribution is 5.49. The first-order valence-corrected chi connectivity index (χ1v) is 6.38. The molecule has 2 aromatic rings. The van der Waals surface area contributed by atoms with Gasteiger partial charge in [0.25, 0.3) is 0 Å². The third-order valence-electron chi connectivity index (χ3n) is 2.92. The van der Waals surface area contributed by atoms with Crippen LogP contribution in [0, 0.1) is 59.2 Å². The van der Waals surface area contributed by atoms with E-state index in [1.165, 1.54) is 0 Å². The Hall–Kier alpha value is -3.60. The van der Waals surface area contributed by atoms with Crippen molar-refractivity contribution in [1.29, 1.82) is 21.0 Å². The molecule has 0 aromatic heterocycles. The van der Waals surface area contributed by atoms with E-state index in [4.69, 9.17) is 21.0 Å². The van der Waals surface area contributed by atoms with E-state index in [0.717, 1.165) is 11.1 Å². The number of benzene rings is 2. The van der Waals surface area contributed by atoms with E-state index in [2.05, 4.69) is 0 Å². The maximum absolute atomic E-state index is 8.63. The summed E-state index contributed by atoms with van der Waals surface area (Å²) in [6.07, 6.45) is 0. The number of hydrogen-bond acceptors (Lipinski definition) is 4. The van der Waals surface area contributed by atoms with Crippen molar-refractivity contribution < 1.29 is 0 Å². The average Bonchev–Trinajstić information content (AvgIpc) is 2.54. The highest BCUT2D eigenvalue weighted by Crippen LogP contribution is 2.11. The lowest BCUT2D eigenvalue weighted by atomic mass is 10.0. The van der Waals surface area contributed by atoms with Gasteiger partial charge in [0.2, 0.25) is 0 Å². The maximum Gasteiger partial charge on any atom is 0.101 e. The Bertz CT molecular complexity index is 841. The van der Waals surface area contributed by atoms with Crippen molar-refractivity contribution >= 4 is 0 Å². The highest BCUT2D eigenvalue weighted by atomic mass is 14.3. The Labute approximate surface area is 129 Å². The van der Waals surface area contributed by atoms with Crippen molar-refractivity contribution in [2.24, 2.45) is 0 Å². The monoisotopic (exact) mass is 284 g/mol. The zero-order chi connectivity index (χ0) is 16.5. The van der Waals surface area contributed by atoms with Crippen molar-refractivity contribution in [2.75, 3.05) is 0 Å². The predicted octanol–water partition coefficient (Wildman–Crippen LogP) is 3.48. The molecular weight excluding hydrogens is 272 g/mol. The van der Waals surface area contributed by atoms with Crippen molar-refractivity contribution in [3.8, 4) is 24.3 Å². The fourth-order valence-corrected chi connectivity index (χ4v) is 1.76. The summed E-state index contributed by atoms with van der Waals surface area (Å²) in [5.74, 6) is 0. The van der Waals surface area contributed by atoms with Gasteiger partial charge in [0.1, 0.15) is 24.3 Å². The molecule has 0 saturated carbocycles. The summed E-state index contributed by atoms with van der Waals surface area (Å²) >= 11 is 0. The fraction of sp³-hybridized carbons (Fsp3) is 0.111. The molecule has 0 aliphatic rings. The summed E-state index contributed by atoms with van der Waals surface area (Å²) < 4.78 is 0. The lowest BCUT2D eigenvalue weighted by Gasteiger charge is -1.96. The molecule has 0 radical (unpaired) electrons. The van der Waals surface area contributed by atoms with Gasteiger partial charge in [-0.2, -0.15) is 21.0 Å². The van der Waals surface area contributed by atoms with E-state index >= 15 is 0 Å². The van der Waals surface area contributed by atoms with Gasteiger partial charge in [-0.25, -0.2) is 0 Å². The molecule has 2 aromatic carbocycles. The largest absolute Gasteiger partial charge is 0.192 e. The van der Waals surface area contributed by atoms with Crippen LogP contribution in [0.4, 0.5) is 0 Å². The molecular formula is C18H12N4. The molecule has 2 rings (SSSR count). The first-order chi connectivity index (χ1) is 10.6. The molecule has 0 unspecified atom stereocenters. The first kappa shape index (κ1) is 16.5. The molecule has 0 aliphatic carbocycles. The van der Waals surface area contributed by atoms with Crippen LogP contribution in [0.1, 0.15) is 33.4 Å². The Kier molecular flexibility index (Phi) is 5.88. The van der Waals surface area contributed by atoms with Crippen molar-refractivity contribution in [3.63, 3.8) is 0 Å². The number of aryl methyl sites for hydroxylation is 2. The minimum absolute atomic E-state index is 0.443. The molecule has 0 N–H and O–H groups in total. The second-order valence-electron chi connectivity index (χ2n) is 4.49. The third kappa shape index (κ3) is 3.94. The van der Waals surface area contributed by atoms with E-state index in [1.807, 2.05) is 50.3 Å². The van der Waals surface area contributed by atoms with Gasteiger partial charge in [-0.1, -0.05) is 18.2 Å². The standard InChI is InChI=1S/2C9H6N2/c1-7-2-3-8(5-10)9(4-7)6-11;1-7-3-2-4-8(5-10)9(7)6-11/h2*2-4H,1H3. The molecule has 104 valence electrons. The van der Waals surface area contributed by atoms with E-state index < -0.39 is 0 Å². The van der Waals surface area contributed by atoms with Crippen LogP contribution in [0.25, 0.3) is 0 Å². The van der Waals surface area contributed by atoms with Crippen LogP contribution >= 0.6 is 0 Å². The van der Waals surface area contributed by atoms with Crippen LogP contribution in [-0.4, -0.2) is 0 Å². The fourth-order valence-electron chi connectivity index (χ4n) is 1.76. The summed E-state index contributed by atoms with van der Waals surface area (Å²) in [4.78, 5) is 0. The van der Waals surface area contributed by atoms with E-state index in [9.17, 15) is 0 Å².